The van der Waals surface area contributed by atoms with Crippen molar-refractivity contribution in [1.82, 2.24) is 4.90 Å². The molecule has 5 heterocycles. The molecule has 5 rings (SSSR count). The van der Waals surface area contributed by atoms with Crippen molar-refractivity contribution in [2.75, 3.05) is 20.2 Å². The van der Waals surface area contributed by atoms with E-state index < -0.39 is 102 Å². The number of carbonyl (C=O) groups is 1. The quantitative estimate of drug-likeness (QED) is 0.255. The van der Waals surface area contributed by atoms with Crippen LogP contribution in [0.25, 0.3) is 0 Å². The monoisotopic (exact) mass is 743 g/mol. The van der Waals surface area contributed by atoms with Crippen LogP contribution in [0, 0.1) is 23.7 Å². The molecule has 0 saturated carbocycles. The summed E-state index contributed by atoms with van der Waals surface area (Å²) >= 11 is 0. The first-order valence-electron chi connectivity index (χ1n) is 19.8. The predicted molar refractivity (Wildman–Crippen MR) is 191 cm³/mol. The minimum atomic E-state index is -1.78. The van der Waals surface area contributed by atoms with Crippen molar-refractivity contribution in [1.29, 1.82) is 0 Å². The molecule has 2 bridgehead atoms. The van der Waals surface area contributed by atoms with Crippen molar-refractivity contribution in [3.63, 3.8) is 0 Å². The number of carbonyl (C=O) groups excluding carboxylic acids is 1. The van der Waals surface area contributed by atoms with Gasteiger partial charge in [0.15, 0.2) is 12.6 Å². The Morgan fingerprint density at radius 1 is 1.00 bits per heavy atom. The Labute approximate surface area is 310 Å². The van der Waals surface area contributed by atoms with E-state index in [0.717, 1.165) is 25.9 Å². The molecular weight excluding hydrogens is 674 g/mol. The Morgan fingerprint density at radius 2 is 1.65 bits per heavy atom. The second-order valence-electron chi connectivity index (χ2n) is 17.5. The molecule has 0 aromatic carbocycles. The van der Waals surface area contributed by atoms with Gasteiger partial charge >= 0.3 is 5.97 Å². The van der Waals surface area contributed by atoms with Crippen molar-refractivity contribution in [3.8, 4) is 0 Å². The average Bonchev–Trinajstić information content (AvgIpc) is 3.74. The number of cyclic esters (lactones) is 1. The van der Waals surface area contributed by atoms with Crippen LogP contribution in [0.2, 0.25) is 0 Å². The predicted octanol–water partition coefficient (Wildman–Crippen LogP) is 3.16. The molecule has 13 nitrogen and oxygen atoms in total. The zero-order chi connectivity index (χ0) is 38.5. The maximum atomic E-state index is 14.4. The van der Waals surface area contributed by atoms with Crippen LogP contribution in [0.15, 0.2) is 0 Å². The van der Waals surface area contributed by atoms with Gasteiger partial charge in [0.2, 0.25) is 0 Å². The van der Waals surface area contributed by atoms with Crippen molar-refractivity contribution < 1.29 is 58.4 Å². The Hall–Kier alpha value is -0.970. The summed E-state index contributed by atoms with van der Waals surface area (Å²) in [5.74, 6) is -2.63. The van der Waals surface area contributed by atoms with Crippen molar-refractivity contribution >= 4 is 5.97 Å². The van der Waals surface area contributed by atoms with E-state index in [1.807, 2.05) is 27.7 Å². The Bertz CT molecular complexity index is 1200. The van der Waals surface area contributed by atoms with Gasteiger partial charge in [0.1, 0.15) is 23.9 Å². The summed E-state index contributed by atoms with van der Waals surface area (Å²) in [6.45, 7) is 20.3. The standard InChI is InChI=1S/C39H69NO12/c1-12-27(41)39(10,45)34-22(4)30-20(2)18-38(9,52-30)33(51-36-29(42)26(17-21(3)47-36)40-15-13-14-16-40)23(5)31(24(6)35(44)50-34)49-28-19-37(8,46-11)32(43)25(7)48-28/h20-34,36,41-43,45H,12-19H2,1-11H3/t20-,21-,22+,23+,24-,25+,26+,27-,28+,29-,30+,31+,32+,33-,34-,36+,37-,38-,39-/m1/s1. The lowest BCUT2D eigenvalue weighted by Gasteiger charge is -2.48. The maximum Gasteiger partial charge on any atom is 0.311 e. The van der Waals surface area contributed by atoms with E-state index in [1.54, 1.807) is 27.7 Å². The van der Waals surface area contributed by atoms with Crippen LogP contribution in [-0.4, -0.2) is 142 Å². The van der Waals surface area contributed by atoms with Crippen molar-refractivity contribution in [2.45, 2.75) is 198 Å². The average molecular weight is 744 g/mol. The first-order chi connectivity index (χ1) is 24.3. The van der Waals surface area contributed by atoms with Gasteiger partial charge in [-0.1, -0.05) is 27.7 Å². The number of ether oxygens (including phenoxy) is 7. The van der Waals surface area contributed by atoms with E-state index in [2.05, 4.69) is 11.8 Å². The van der Waals surface area contributed by atoms with E-state index in [1.165, 1.54) is 14.0 Å². The van der Waals surface area contributed by atoms with E-state index >= 15 is 0 Å². The smallest absolute Gasteiger partial charge is 0.311 e. The third-order valence-corrected chi connectivity index (χ3v) is 13.3. The zero-order valence-corrected chi connectivity index (χ0v) is 33.4. The van der Waals surface area contributed by atoms with Crippen LogP contribution in [0.4, 0.5) is 0 Å². The van der Waals surface area contributed by atoms with Gasteiger partial charge in [0.25, 0.3) is 0 Å². The SMILES string of the molecule is CC[C@@H](O)[C@@](C)(O)[C@@H]1OC(=O)[C@H](C)[C@@H](O[C@H]2C[C@@](C)(OC)[C@@H](O)[C@H](C)O2)[C@H](C)[C@@H](O[C@@H]2O[C@H](C)C[C@H](N3CCCC3)[C@H]2O)[C@@]2(C)C[C@@H](C)[C@H](O2)[C@@H]1C. The Balaban J connectivity index is 1.57. The van der Waals surface area contributed by atoms with Gasteiger partial charge in [-0.3, -0.25) is 9.69 Å². The summed E-state index contributed by atoms with van der Waals surface area (Å²) in [7, 11) is 1.54. The summed E-state index contributed by atoms with van der Waals surface area (Å²) < 4.78 is 45.5. The minimum Gasteiger partial charge on any atom is -0.459 e. The fraction of sp³-hybridized carbons (Fsp3) is 0.974. The molecule has 5 fully saturated rings. The van der Waals surface area contributed by atoms with Crippen LogP contribution < -0.4 is 0 Å². The molecule has 302 valence electrons. The molecule has 0 unspecified atom stereocenters. The minimum absolute atomic E-state index is 0.0508. The molecule has 13 heteroatoms. The maximum absolute atomic E-state index is 14.4. The van der Waals surface area contributed by atoms with Crippen LogP contribution in [-0.2, 0) is 38.0 Å². The molecule has 0 radical (unpaired) electrons. The molecule has 0 aliphatic carbocycles. The number of fused-ring (bicyclic) bond motifs is 2. The lowest BCUT2D eigenvalue weighted by atomic mass is 9.76. The topological polar surface area (TPSA) is 166 Å². The summed E-state index contributed by atoms with van der Waals surface area (Å²) in [6.07, 6.45) is -4.94. The fourth-order valence-electron chi connectivity index (χ4n) is 10.1. The first kappa shape index (κ1) is 42.2. The molecule has 19 atom stereocenters. The number of aliphatic hydroxyl groups is 4. The van der Waals surface area contributed by atoms with Crippen LogP contribution in [0.3, 0.4) is 0 Å². The summed E-state index contributed by atoms with van der Waals surface area (Å²) in [5, 5.41) is 45.6. The highest BCUT2D eigenvalue weighted by molar-refractivity contribution is 5.73. The molecule has 0 amide bonds. The van der Waals surface area contributed by atoms with Gasteiger partial charge in [-0.15, -0.1) is 0 Å². The molecule has 52 heavy (non-hydrogen) atoms. The highest BCUT2D eigenvalue weighted by Crippen LogP contribution is 2.48. The summed E-state index contributed by atoms with van der Waals surface area (Å²) in [5.41, 5.74) is -3.70. The third kappa shape index (κ3) is 8.12. The number of esters is 1. The lowest BCUT2D eigenvalue weighted by Crippen LogP contribution is -2.60. The van der Waals surface area contributed by atoms with Gasteiger partial charge in [-0.2, -0.15) is 0 Å². The molecule has 5 aliphatic heterocycles. The number of methoxy groups -OCH3 is 1. The van der Waals surface area contributed by atoms with Crippen molar-refractivity contribution in [3.05, 3.63) is 0 Å². The Morgan fingerprint density at radius 3 is 2.27 bits per heavy atom. The highest BCUT2D eigenvalue weighted by atomic mass is 16.7. The van der Waals surface area contributed by atoms with Gasteiger partial charge in [-0.25, -0.2) is 0 Å². The summed E-state index contributed by atoms with van der Waals surface area (Å²) in [6, 6.07) is -0.123. The first-order valence-corrected chi connectivity index (χ1v) is 19.8. The fourth-order valence-corrected chi connectivity index (χ4v) is 10.1. The second-order valence-corrected chi connectivity index (χ2v) is 17.5. The number of likely N-dealkylation sites (tertiary alicyclic amines) is 1. The molecule has 0 spiro atoms. The Kier molecular flexibility index (Phi) is 13.2. The summed E-state index contributed by atoms with van der Waals surface area (Å²) in [4.78, 5) is 16.7. The van der Waals surface area contributed by atoms with Crippen LogP contribution in [0.1, 0.15) is 108 Å². The molecule has 0 aromatic rings. The second kappa shape index (κ2) is 16.3. The number of aliphatic hydroxyl groups excluding tert-OH is 3. The highest BCUT2D eigenvalue weighted by Gasteiger charge is 2.59. The van der Waals surface area contributed by atoms with Gasteiger partial charge < -0.3 is 53.6 Å². The van der Waals surface area contributed by atoms with E-state index in [9.17, 15) is 25.2 Å². The number of hydrogen-bond donors (Lipinski definition) is 4. The largest absolute Gasteiger partial charge is 0.459 e. The molecule has 4 N–H and O–H groups in total. The number of hydrogen-bond acceptors (Lipinski definition) is 13. The van der Waals surface area contributed by atoms with Crippen LogP contribution in [0.5, 0.6) is 0 Å². The molecule has 5 aliphatic rings. The zero-order valence-electron chi connectivity index (χ0n) is 33.4. The molecule has 0 aromatic heterocycles. The van der Waals surface area contributed by atoms with Gasteiger partial charge in [0.05, 0.1) is 53.7 Å². The van der Waals surface area contributed by atoms with Gasteiger partial charge in [0, 0.05) is 31.4 Å². The lowest BCUT2D eigenvalue weighted by molar-refractivity contribution is -0.318. The third-order valence-electron chi connectivity index (χ3n) is 13.3. The van der Waals surface area contributed by atoms with E-state index in [-0.39, 0.29) is 30.9 Å². The number of nitrogens with zero attached hydrogens (tertiary/aromatic N) is 1. The van der Waals surface area contributed by atoms with E-state index in [4.69, 9.17) is 33.2 Å². The normalized spacial score (nSPS) is 49.9. The van der Waals surface area contributed by atoms with Crippen LogP contribution >= 0.6 is 0 Å². The number of rotatable bonds is 9. The molecule has 5 saturated heterocycles. The van der Waals surface area contributed by atoms with Gasteiger partial charge in [-0.05, 0) is 92.7 Å². The van der Waals surface area contributed by atoms with E-state index in [0.29, 0.717) is 12.8 Å². The van der Waals surface area contributed by atoms with Crippen molar-refractivity contribution in [2.24, 2.45) is 23.7 Å². The molecular formula is C39H69NO12.